The van der Waals surface area contributed by atoms with Gasteiger partial charge in [0.05, 0.1) is 12.3 Å². The van der Waals surface area contributed by atoms with Crippen LogP contribution in [0.2, 0.25) is 0 Å². The molecule has 0 saturated heterocycles. The topological polar surface area (TPSA) is 25.4 Å². The molecule has 0 amide bonds. The Morgan fingerprint density at radius 1 is 1.00 bits per heavy atom. The van der Waals surface area contributed by atoms with Crippen LogP contribution in [0.25, 0.3) is 11.3 Å². The van der Waals surface area contributed by atoms with Gasteiger partial charge in [-0.15, -0.1) is 0 Å². The number of alkyl halides is 3. The molecule has 0 radical (unpaired) electrons. The van der Waals surface area contributed by atoms with Crippen molar-refractivity contribution in [2.75, 3.05) is 13.7 Å². The molecule has 0 bridgehead atoms. The smallest absolute Gasteiger partial charge is 0.433 e. The third-order valence-corrected chi connectivity index (χ3v) is 7.18. The van der Waals surface area contributed by atoms with Gasteiger partial charge in [-0.1, -0.05) is 56.3 Å². The van der Waals surface area contributed by atoms with E-state index in [0.29, 0.717) is 18.5 Å². The molecule has 0 N–H and O–H groups in total. The van der Waals surface area contributed by atoms with Crippen molar-refractivity contribution >= 4 is 0 Å². The predicted octanol–water partition coefficient (Wildman–Crippen LogP) is 7.80. The van der Waals surface area contributed by atoms with Crippen molar-refractivity contribution in [2.45, 2.75) is 71.6 Å². The first-order chi connectivity index (χ1) is 17.3. The number of ether oxygens (including phenoxy) is 1. The fraction of sp³-hybridized carbons (Fsp3) is 0.433. The minimum atomic E-state index is -4.60. The number of aryl methyl sites for hydroxylation is 3. The summed E-state index contributed by atoms with van der Waals surface area (Å²) in [5.41, 5.74) is 4.81. The monoisotopic (exact) mass is 496 g/mol. The summed E-state index contributed by atoms with van der Waals surface area (Å²) in [7, 11) is 1.90. The number of nitrogens with zero attached hydrogens (tertiary/aromatic N) is 2. The Morgan fingerprint density at radius 2 is 1.69 bits per heavy atom. The van der Waals surface area contributed by atoms with Gasteiger partial charge in [-0.2, -0.15) is 13.2 Å². The molecule has 4 rings (SSSR count). The fourth-order valence-electron chi connectivity index (χ4n) is 5.47. The number of pyridine rings is 1. The van der Waals surface area contributed by atoms with Gasteiger partial charge in [-0.25, -0.2) is 4.98 Å². The number of halogens is 3. The summed E-state index contributed by atoms with van der Waals surface area (Å²) < 4.78 is 49.4. The van der Waals surface area contributed by atoms with Crippen LogP contribution in [0.5, 0.6) is 5.75 Å². The molecule has 3 aromatic rings. The summed E-state index contributed by atoms with van der Waals surface area (Å²) in [5, 5.41) is 0. The molecule has 0 spiro atoms. The SMILES string of the molecule is CCOc1cc(-c2c(CC)cccc2CC)nc(C(F)(F)F)c1CN(C)[C@H]1CCCc2ccccc21. The van der Waals surface area contributed by atoms with Crippen LogP contribution in [0, 0.1) is 0 Å². The Bertz CT molecular complexity index is 1180. The number of benzene rings is 2. The van der Waals surface area contributed by atoms with Crippen molar-refractivity contribution in [3.05, 3.63) is 82.0 Å². The predicted molar refractivity (Wildman–Crippen MR) is 138 cm³/mol. The van der Waals surface area contributed by atoms with Crippen molar-refractivity contribution in [3.8, 4) is 17.0 Å². The van der Waals surface area contributed by atoms with Gasteiger partial charge in [-0.05, 0) is 68.3 Å². The minimum absolute atomic E-state index is 0.0534. The molecule has 1 aromatic heterocycles. The first kappa shape index (κ1) is 26.2. The highest BCUT2D eigenvalue weighted by atomic mass is 19.4. The van der Waals surface area contributed by atoms with E-state index in [0.717, 1.165) is 36.0 Å². The number of hydrogen-bond acceptors (Lipinski definition) is 3. The summed E-state index contributed by atoms with van der Waals surface area (Å²) in [6.07, 6.45) is -0.250. The molecular formula is C30H35F3N2O. The zero-order chi connectivity index (χ0) is 25.9. The second-order valence-corrected chi connectivity index (χ2v) is 9.44. The van der Waals surface area contributed by atoms with Crippen LogP contribution in [0.1, 0.15) is 73.2 Å². The van der Waals surface area contributed by atoms with Gasteiger partial charge in [0.1, 0.15) is 5.75 Å². The normalized spacial score (nSPS) is 15.7. The van der Waals surface area contributed by atoms with E-state index < -0.39 is 11.9 Å². The average molecular weight is 497 g/mol. The second kappa shape index (κ2) is 11.0. The van der Waals surface area contributed by atoms with E-state index in [2.05, 4.69) is 17.1 Å². The van der Waals surface area contributed by atoms with Crippen molar-refractivity contribution in [2.24, 2.45) is 0 Å². The van der Waals surface area contributed by atoms with Crippen LogP contribution in [-0.2, 0) is 32.0 Å². The number of rotatable bonds is 8. The lowest BCUT2D eigenvalue weighted by Gasteiger charge is -2.34. The fourth-order valence-corrected chi connectivity index (χ4v) is 5.47. The zero-order valence-corrected chi connectivity index (χ0v) is 21.6. The maximum Gasteiger partial charge on any atom is 0.433 e. The molecular weight excluding hydrogens is 461 g/mol. The van der Waals surface area contributed by atoms with E-state index in [1.54, 1.807) is 13.0 Å². The van der Waals surface area contributed by atoms with Crippen LogP contribution >= 0.6 is 0 Å². The van der Waals surface area contributed by atoms with Crippen LogP contribution in [-0.4, -0.2) is 23.5 Å². The Kier molecular flexibility index (Phi) is 8.04. The van der Waals surface area contributed by atoms with E-state index in [1.807, 2.05) is 56.1 Å². The molecule has 0 saturated carbocycles. The van der Waals surface area contributed by atoms with E-state index in [9.17, 15) is 13.2 Å². The van der Waals surface area contributed by atoms with Crippen molar-refractivity contribution in [1.82, 2.24) is 9.88 Å². The van der Waals surface area contributed by atoms with Crippen molar-refractivity contribution < 1.29 is 17.9 Å². The van der Waals surface area contributed by atoms with Gasteiger partial charge in [-0.3, -0.25) is 4.90 Å². The van der Waals surface area contributed by atoms with Crippen LogP contribution in [0.3, 0.4) is 0 Å². The van der Waals surface area contributed by atoms with Crippen LogP contribution in [0.15, 0.2) is 48.5 Å². The van der Waals surface area contributed by atoms with Gasteiger partial charge in [0.2, 0.25) is 0 Å². The Hall–Kier alpha value is -2.86. The molecule has 3 nitrogen and oxygen atoms in total. The summed E-state index contributed by atoms with van der Waals surface area (Å²) in [6.45, 7) is 6.21. The molecule has 6 heteroatoms. The maximum absolute atomic E-state index is 14.5. The van der Waals surface area contributed by atoms with E-state index >= 15 is 0 Å². The first-order valence-corrected chi connectivity index (χ1v) is 12.9. The molecule has 192 valence electrons. The standard InChI is InChI=1S/C30H35F3N2O/c1-5-20-13-10-14-21(6-2)28(20)25-18-27(36-7-3)24(29(34-25)30(31,32)33)19-35(4)26-17-11-15-22-12-8-9-16-23(22)26/h8-10,12-14,16,18,26H,5-7,11,15,17,19H2,1-4H3/t26-/m0/s1. The van der Waals surface area contributed by atoms with E-state index in [4.69, 9.17) is 4.74 Å². The highest BCUT2D eigenvalue weighted by molar-refractivity contribution is 5.70. The molecule has 2 aromatic carbocycles. The number of fused-ring (bicyclic) bond motifs is 1. The van der Waals surface area contributed by atoms with Crippen LogP contribution in [0.4, 0.5) is 13.2 Å². The molecule has 0 unspecified atom stereocenters. The van der Waals surface area contributed by atoms with Gasteiger partial charge in [0.25, 0.3) is 0 Å². The molecule has 36 heavy (non-hydrogen) atoms. The van der Waals surface area contributed by atoms with E-state index in [-0.39, 0.29) is 30.5 Å². The largest absolute Gasteiger partial charge is 0.493 e. The van der Waals surface area contributed by atoms with Gasteiger partial charge >= 0.3 is 6.18 Å². The van der Waals surface area contributed by atoms with Crippen LogP contribution < -0.4 is 4.74 Å². The first-order valence-electron chi connectivity index (χ1n) is 12.9. The third-order valence-electron chi connectivity index (χ3n) is 7.18. The Labute approximate surface area is 212 Å². The number of hydrogen-bond donors (Lipinski definition) is 0. The molecule has 0 aliphatic heterocycles. The van der Waals surface area contributed by atoms with Crippen molar-refractivity contribution in [1.29, 1.82) is 0 Å². The Balaban J connectivity index is 1.83. The molecule has 1 heterocycles. The number of aromatic nitrogens is 1. The van der Waals surface area contributed by atoms with Gasteiger partial charge < -0.3 is 4.74 Å². The zero-order valence-electron chi connectivity index (χ0n) is 21.6. The average Bonchev–Trinajstić information content (AvgIpc) is 2.88. The van der Waals surface area contributed by atoms with Gasteiger partial charge in [0, 0.05) is 29.8 Å². The molecule has 1 atom stereocenters. The highest BCUT2D eigenvalue weighted by Crippen LogP contribution is 2.41. The summed E-state index contributed by atoms with van der Waals surface area (Å²) >= 11 is 0. The summed E-state index contributed by atoms with van der Waals surface area (Å²) in [5.74, 6) is 0.263. The lowest BCUT2D eigenvalue weighted by molar-refractivity contribution is -0.142. The second-order valence-electron chi connectivity index (χ2n) is 9.44. The summed E-state index contributed by atoms with van der Waals surface area (Å²) in [6, 6.07) is 15.9. The Morgan fingerprint density at radius 3 is 2.33 bits per heavy atom. The molecule has 0 fully saturated rings. The molecule has 1 aliphatic carbocycles. The summed E-state index contributed by atoms with van der Waals surface area (Å²) in [4.78, 5) is 6.30. The third kappa shape index (κ3) is 5.29. The maximum atomic E-state index is 14.5. The minimum Gasteiger partial charge on any atom is -0.493 e. The lowest BCUT2D eigenvalue weighted by atomic mass is 9.87. The van der Waals surface area contributed by atoms with E-state index in [1.165, 1.54) is 11.1 Å². The van der Waals surface area contributed by atoms with Gasteiger partial charge in [0.15, 0.2) is 5.69 Å². The van der Waals surface area contributed by atoms with Crippen molar-refractivity contribution in [3.63, 3.8) is 0 Å². The molecule has 1 aliphatic rings. The quantitative estimate of drug-likeness (QED) is 0.318. The lowest BCUT2D eigenvalue weighted by Crippen LogP contribution is -2.29. The highest BCUT2D eigenvalue weighted by Gasteiger charge is 2.39.